The molecule has 0 bridgehead atoms. The van der Waals surface area contributed by atoms with Crippen LogP contribution in [0, 0.1) is 0 Å². The van der Waals surface area contributed by atoms with Crippen LogP contribution >= 0.6 is 0 Å². The zero-order valence-electron chi connectivity index (χ0n) is 24.3. The first-order chi connectivity index (χ1) is 20.3. The van der Waals surface area contributed by atoms with E-state index in [-0.39, 0.29) is 29.6 Å². The van der Waals surface area contributed by atoms with Crippen LogP contribution in [-0.2, 0) is 0 Å². The smallest absolute Gasteiger partial charge is 0.255 e. The third kappa shape index (κ3) is 6.04. The number of fused-ring (bicyclic) bond motifs is 1. The van der Waals surface area contributed by atoms with E-state index in [1.807, 2.05) is 54.7 Å². The van der Waals surface area contributed by atoms with E-state index in [4.69, 9.17) is 10.5 Å². The van der Waals surface area contributed by atoms with Crippen molar-refractivity contribution in [2.24, 2.45) is 5.10 Å². The number of nitrogens with two attached hydrogens (primary N) is 1. The molecule has 3 aromatic rings. The molecule has 0 saturated carbocycles. The Kier molecular flexibility index (Phi) is 7.97. The molecule has 3 aliphatic heterocycles. The normalized spacial score (nSPS) is 22.3. The fourth-order valence-electron chi connectivity index (χ4n) is 6.25. The number of carbonyl (C=O) groups excluding carboxylic acids is 2. The first-order valence-corrected chi connectivity index (χ1v) is 14.8. The number of hydrogen-bond acceptors (Lipinski definition) is 8. The molecule has 2 saturated heterocycles. The van der Waals surface area contributed by atoms with Gasteiger partial charge in [-0.05, 0) is 85.9 Å². The number of likely N-dealkylation sites (tertiary alicyclic amines) is 2. The average molecular weight is 570 g/mol. The molecule has 3 atom stereocenters. The Labute approximate surface area is 246 Å². The van der Waals surface area contributed by atoms with Gasteiger partial charge in [0.2, 0.25) is 0 Å². The second kappa shape index (κ2) is 12.0. The Bertz CT molecular complexity index is 1510. The first kappa shape index (κ1) is 28.0. The monoisotopic (exact) mass is 569 g/mol. The Morgan fingerprint density at radius 2 is 1.88 bits per heavy atom. The van der Waals surface area contributed by atoms with Gasteiger partial charge in [0, 0.05) is 62.7 Å². The van der Waals surface area contributed by atoms with Crippen LogP contribution in [0.3, 0.4) is 0 Å². The number of anilines is 1. The summed E-state index contributed by atoms with van der Waals surface area (Å²) in [6, 6.07) is 14.1. The van der Waals surface area contributed by atoms with Crippen LogP contribution in [0.1, 0.15) is 57.9 Å². The fourth-order valence-corrected chi connectivity index (χ4v) is 6.25. The zero-order chi connectivity index (χ0) is 29.2. The zero-order valence-corrected chi connectivity index (χ0v) is 24.3. The largest absolute Gasteiger partial charge is 0.494 e. The van der Waals surface area contributed by atoms with Crippen LogP contribution in [-0.4, -0.2) is 96.8 Å². The van der Waals surface area contributed by atoms with E-state index in [2.05, 4.69) is 27.3 Å². The summed E-state index contributed by atoms with van der Waals surface area (Å²) in [4.78, 5) is 35.0. The molecule has 0 radical (unpaired) electrons. The Hall–Kier alpha value is -4.18. The van der Waals surface area contributed by atoms with E-state index in [0.717, 1.165) is 35.1 Å². The van der Waals surface area contributed by atoms with Gasteiger partial charge in [0.15, 0.2) is 0 Å². The third-order valence-corrected chi connectivity index (χ3v) is 8.78. The molecule has 0 spiro atoms. The standard InChI is InChI=1S/C32H39N7O3/c1-37-11-3-4-27(37)10-13-42-28-8-7-21-14-23(6-5-22(21)15-28)32(41)39-12-9-26(20-39)36-31(40)29-16-24(17-34-30(29)33)25-18-35-38(2)19-25/h5-8,14-18,25-27H,3-4,9-13,19-20H2,1-2H3,(H2,33,34)(H,36,40)/t25?,26-,27?/m1/s1. The molecule has 4 heterocycles. The maximum Gasteiger partial charge on any atom is 0.255 e. The minimum Gasteiger partial charge on any atom is -0.494 e. The lowest BCUT2D eigenvalue weighted by molar-refractivity contribution is 0.0783. The molecule has 42 heavy (non-hydrogen) atoms. The number of likely N-dealkylation sites (N-methyl/N-ethyl adjacent to an activating group) is 1. The molecule has 2 amide bonds. The molecule has 0 aliphatic carbocycles. The van der Waals surface area contributed by atoms with Crippen LogP contribution < -0.4 is 15.8 Å². The molecule has 220 valence electrons. The lowest BCUT2D eigenvalue weighted by Gasteiger charge is -2.19. The second-order valence-electron chi connectivity index (χ2n) is 11.8. The molecule has 2 unspecified atom stereocenters. The van der Waals surface area contributed by atoms with Crippen molar-refractivity contribution in [1.29, 1.82) is 0 Å². The second-order valence-corrected chi connectivity index (χ2v) is 11.8. The van der Waals surface area contributed by atoms with E-state index in [9.17, 15) is 9.59 Å². The summed E-state index contributed by atoms with van der Waals surface area (Å²) in [5, 5.41) is 11.2. The minimum atomic E-state index is -0.275. The number of aromatic nitrogens is 1. The Morgan fingerprint density at radius 3 is 2.67 bits per heavy atom. The first-order valence-electron chi connectivity index (χ1n) is 14.8. The molecule has 2 aromatic carbocycles. The highest BCUT2D eigenvalue weighted by Crippen LogP contribution is 2.26. The van der Waals surface area contributed by atoms with Crippen LogP contribution in [0.15, 0.2) is 53.8 Å². The van der Waals surface area contributed by atoms with Gasteiger partial charge in [-0.1, -0.05) is 12.1 Å². The Morgan fingerprint density at radius 1 is 1.05 bits per heavy atom. The highest BCUT2D eigenvalue weighted by atomic mass is 16.5. The molecule has 10 heteroatoms. The lowest BCUT2D eigenvalue weighted by atomic mass is 10.0. The van der Waals surface area contributed by atoms with Crippen molar-refractivity contribution in [3.63, 3.8) is 0 Å². The number of nitrogens with one attached hydrogen (secondary N) is 1. The number of nitrogen functional groups attached to an aromatic ring is 1. The lowest BCUT2D eigenvalue weighted by Crippen LogP contribution is -2.38. The van der Waals surface area contributed by atoms with Gasteiger partial charge in [0.25, 0.3) is 11.8 Å². The van der Waals surface area contributed by atoms with Gasteiger partial charge in [0.1, 0.15) is 11.6 Å². The van der Waals surface area contributed by atoms with Crippen molar-refractivity contribution in [1.82, 2.24) is 25.1 Å². The summed E-state index contributed by atoms with van der Waals surface area (Å²) in [5.41, 5.74) is 7.95. The molecule has 10 nitrogen and oxygen atoms in total. The van der Waals surface area contributed by atoms with Crippen LogP contribution in [0.4, 0.5) is 5.82 Å². The molecule has 6 rings (SSSR count). The molecular formula is C32H39N7O3. The highest BCUT2D eigenvalue weighted by Gasteiger charge is 2.29. The summed E-state index contributed by atoms with van der Waals surface area (Å²) in [6.07, 6.45) is 7.77. The number of ether oxygens (including phenoxy) is 1. The number of hydrazone groups is 1. The number of rotatable bonds is 8. The summed E-state index contributed by atoms with van der Waals surface area (Å²) < 4.78 is 6.05. The summed E-state index contributed by atoms with van der Waals surface area (Å²) >= 11 is 0. The van der Waals surface area contributed by atoms with E-state index < -0.39 is 0 Å². The number of nitrogens with zero attached hydrogens (tertiary/aromatic N) is 5. The highest BCUT2D eigenvalue weighted by molar-refractivity contribution is 6.00. The summed E-state index contributed by atoms with van der Waals surface area (Å²) in [7, 11) is 4.09. The van der Waals surface area contributed by atoms with Gasteiger partial charge in [-0.25, -0.2) is 4.98 Å². The molecule has 3 N–H and O–H groups in total. The summed E-state index contributed by atoms with van der Waals surface area (Å²) in [6.45, 7) is 3.62. The summed E-state index contributed by atoms with van der Waals surface area (Å²) in [5.74, 6) is 0.798. The van der Waals surface area contributed by atoms with E-state index in [0.29, 0.717) is 43.3 Å². The fraction of sp³-hybridized carbons (Fsp3) is 0.438. The van der Waals surface area contributed by atoms with Crippen molar-refractivity contribution in [2.75, 3.05) is 52.6 Å². The van der Waals surface area contributed by atoms with Crippen molar-refractivity contribution in [3.8, 4) is 5.75 Å². The topological polar surface area (TPSA) is 116 Å². The van der Waals surface area contributed by atoms with E-state index in [1.165, 1.54) is 19.4 Å². The van der Waals surface area contributed by atoms with Gasteiger partial charge in [-0.15, -0.1) is 0 Å². The maximum absolute atomic E-state index is 13.4. The number of benzene rings is 2. The molecule has 3 aliphatic rings. The molecular weight excluding hydrogens is 530 g/mol. The van der Waals surface area contributed by atoms with Crippen LogP contribution in [0.5, 0.6) is 5.75 Å². The number of carbonyl (C=O) groups is 2. The average Bonchev–Trinajstić information content (AvgIpc) is 3.74. The van der Waals surface area contributed by atoms with Gasteiger partial charge >= 0.3 is 0 Å². The third-order valence-electron chi connectivity index (χ3n) is 8.78. The molecule has 1 aromatic heterocycles. The maximum atomic E-state index is 13.4. The quantitative estimate of drug-likeness (QED) is 0.428. The van der Waals surface area contributed by atoms with Gasteiger partial charge < -0.3 is 25.6 Å². The number of pyridine rings is 1. The van der Waals surface area contributed by atoms with Gasteiger partial charge in [-0.3, -0.25) is 14.6 Å². The number of hydrogen-bond donors (Lipinski definition) is 2. The van der Waals surface area contributed by atoms with Crippen molar-refractivity contribution in [3.05, 3.63) is 65.4 Å². The van der Waals surface area contributed by atoms with Crippen LogP contribution in [0.2, 0.25) is 0 Å². The van der Waals surface area contributed by atoms with Crippen molar-refractivity contribution < 1.29 is 14.3 Å². The van der Waals surface area contributed by atoms with Gasteiger partial charge in [-0.2, -0.15) is 5.10 Å². The van der Waals surface area contributed by atoms with E-state index >= 15 is 0 Å². The van der Waals surface area contributed by atoms with E-state index in [1.54, 1.807) is 17.2 Å². The predicted octanol–water partition coefficient (Wildman–Crippen LogP) is 3.34. The number of amides is 2. The van der Waals surface area contributed by atoms with Crippen molar-refractivity contribution >= 4 is 34.6 Å². The minimum absolute atomic E-state index is 0.0394. The van der Waals surface area contributed by atoms with Gasteiger partial charge in [0.05, 0.1) is 12.2 Å². The molecule has 2 fully saturated rings. The van der Waals surface area contributed by atoms with Crippen LogP contribution in [0.25, 0.3) is 10.8 Å². The van der Waals surface area contributed by atoms with Crippen molar-refractivity contribution in [2.45, 2.75) is 43.7 Å². The predicted molar refractivity (Wildman–Crippen MR) is 164 cm³/mol. The SMILES string of the molecule is CN1CC(c2cnc(N)c(C(=O)N[C@@H]3CCN(C(=O)c4ccc5cc(OCCC6CCCN6C)ccc5c4)C3)c2)C=N1. The Balaban J connectivity index is 1.04.